The van der Waals surface area contributed by atoms with Gasteiger partial charge in [-0.25, -0.2) is 15.9 Å². The third kappa shape index (κ3) is 43.2. The molecule has 5 unspecified atom stereocenters. The van der Waals surface area contributed by atoms with Gasteiger partial charge in [0.15, 0.2) is 0 Å². The Labute approximate surface area is 424 Å². The van der Waals surface area contributed by atoms with Crippen molar-refractivity contribution >= 4 is 0 Å². The van der Waals surface area contributed by atoms with Crippen LogP contribution in [0.2, 0.25) is 0 Å². The average Bonchev–Trinajstić information content (AvgIpc) is 3.32. The Morgan fingerprint density at radius 2 is 0.515 bits per heavy atom. The average molecular weight is 971 g/mol. The Morgan fingerprint density at radius 1 is 0.279 bits per heavy atom. The van der Waals surface area contributed by atoms with E-state index in [1.54, 1.807) is 10.1 Å². The summed E-state index contributed by atoms with van der Waals surface area (Å²) in [6, 6.07) is 0. The van der Waals surface area contributed by atoms with Crippen molar-refractivity contribution in [3.8, 4) is 0 Å². The normalized spacial score (nSPS) is 14.4. The van der Waals surface area contributed by atoms with E-state index in [0.717, 1.165) is 96.3 Å². The molecule has 10 heteroatoms. The van der Waals surface area contributed by atoms with Gasteiger partial charge in [-0.1, -0.05) is 272 Å². The summed E-state index contributed by atoms with van der Waals surface area (Å²) >= 11 is 0. The molecule has 0 aliphatic heterocycles. The number of nitrogens with one attached hydrogen (secondary N) is 2. The summed E-state index contributed by atoms with van der Waals surface area (Å²) in [5.74, 6) is 0. The van der Waals surface area contributed by atoms with Crippen molar-refractivity contribution in [2.45, 2.75) is 354 Å². The lowest BCUT2D eigenvalue weighted by atomic mass is 10.0. The highest BCUT2D eigenvalue weighted by Gasteiger charge is 2.33. The van der Waals surface area contributed by atoms with Crippen molar-refractivity contribution in [1.29, 1.82) is 0 Å². The first-order valence-corrected chi connectivity index (χ1v) is 30.4. The number of aliphatic hydroxyl groups excluding tert-OH is 5. The first-order valence-electron chi connectivity index (χ1n) is 30.4. The zero-order valence-corrected chi connectivity index (χ0v) is 46.4. The van der Waals surface area contributed by atoms with E-state index in [1.165, 1.54) is 173 Å². The molecule has 0 rings (SSSR count). The van der Waals surface area contributed by atoms with Crippen molar-refractivity contribution in [2.24, 2.45) is 0 Å². The maximum absolute atomic E-state index is 12.0. The molecule has 0 aliphatic carbocycles. The second-order valence-corrected chi connectivity index (χ2v) is 21.2. The Morgan fingerprint density at radius 3 is 0.794 bits per heavy atom. The molecule has 5 atom stereocenters. The topological polar surface area (TPSA) is 135 Å². The number of aliphatic hydroxyl groups is 5. The summed E-state index contributed by atoms with van der Waals surface area (Å²) < 4.78 is 0. The summed E-state index contributed by atoms with van der Waals surface area (Å²) in [5, 5.41) is 63.8. The molecule has 0 spiro atoms. The van der Waals surface area contributed by atoms with Crippen LogP contribution in [0, 0.1) is 0 Å². The van der Waals surface area contributed by atoms with Crippen LogP contribution in [0.15, 0.2) is 0 Å². The minimum Gasteiger partial charge on any atom is -0.392 e. The van der Waals surface area contributed by atoms with E-state index in [2.05, 4.69) is 45.5 Å². The lowest BCUT2D eigenvalue weighted by molar-refractivity contribution is -0.287. The van der Waals surface area contributed by atoms with Gasteiger partial charge in [-0.2, -0.15) is 5.01 Å². The quantitative estimate of drug-likeness (QED) is 0.0179. The summed E-state index contributed by atoms with van der Waals surface area (Å²) in [6.07, 6.45) is 46.7. The van der Waals surface area contributed by atoms with E-state index in [9.17, 15) is 25.5 Å². The van der Waals surface area contributed by atoms with Gasteiger partial charge in [-0.15, -0.1) is 5.12 Å². The van der Waals surface area contributed by atoms with Crippen LogP contribution in [0.1, 0.15) is 324 Å². The van der Waals surface area contributed by atoms with Crippen molar-refractivity contribution in [2.75, 3.05) is 19.8 Å². The van der Waals surface area contributed by atoms with Crippen molar-refractivity contribution in [1.82, 2.24) is 26.0 Å². The predicted octanol–water partition coefficient (Wildman–Crippen LogP) is 15.1. The molecule has 0 heterocycles. The lowest BCUT2D eigenvalue weighted by Crippen LogP contribution is -2.65. The Kier molecular flexibility index (Phi) is 52.6. The van der Waals surface area contributed by atoms with Gasteiger partial charge in [0.2, 0.25) is 0 Å². The molecule has 0 saturated carbocycles. The third-order valence-electron chi connectivity index (χ3n) is 14.3. The first-order chi connectivity index (χ1) is 33.2. The monoisotopic (exact) mass is 970 g/mol. The molecule has 0 aromatic carbocycles. The van der Waals surface area contributed by atoms with E-state index in [-0.39, 0.29) is 6.67 Å². The lowest BCUT2D eigenvalue weighted by Gasteiger charge is -2.43. The van der Waals surface area contributed by atoms with Gasteiger partial charge in [-0.05, 0) is 51.4 Å². The van der Waals surface area contributed by atoms with E-state index in [1.807, 2.05) is 5.01 Å². The van der Waals surface area contributed by atoms with Gasteiger partial charge in [0.05, 0.1) is 18.9 Å². The molecule has 68 heavy (non-hydrogen) atoms. The zero-order chi connectivity index (χ0) is 50.0. The highest BCUT2D eigenvalue weighted by molar-refractivity contribution is 4.71. The molecule has 0 radical (unpaired) electrons. The van der Waals surface area contributed by atoms with Crippen LogP contribution in [-0.4, -0.2) is 91.3 Å². The van der Waals surface area contributed by atoms with E-state index >= 15 is 0 Å². The second kappa shape index (κ2) is 52.9. The summed E-state index contributed by atoms with van der Waals surface area (Å²) in [4.78, 5) is 0. The van der Waals surface area contributed by atoms with Crippen LogP contribution in [0.3, 0.4) is 0 Å². The number of rotatable bonds is 57. The second-order valence-electron chi connectivity index (χ2n) is 21.2. The molecule has 10 nitrogen and oxygen atoms in total. The van der Waals surface area contributed by atoms with Gasteiger partial charge in [0, 0.05) is 13.1 Å². The fraction of sp³-hybridized carbons (Fsp3) is 1.00. The van der Waals surface area contributed by atoms with E-state index < -0.39 is 30.9 Å². The van der Waals surface area contributed by atoms with E-state index in [4.69, 9.17) is 0 Å². The third-order valence-corrected chi connectivity index (χ3v) is 14.3. The molecule has 0 bridgehead atoms. The maximum atomic E-state index is 12.0. The minimum absolute atomic E-state index is 0.203. The summed E-state index contributed by atoms with van der Waals surface area (Å²) in [7, 11) is 0. The summed E-state index contributed by atoms with van der Waals surface area (Å²) in [5.41, 5.74) is 6.91. The smallest absolute Gasteiger partial charge is 0.134 e. The number of hydrazine groups is 3. The van der Waals surface area contributed by atoms with Gasteiger partial charge >= 0.3 is 0 Å². The van der Waals surface area contributed by atoms with Crippen LogP contribution < -0.4 is 10.9 Å². The van der Waals surface area contributed by atoms with Crippen molar-refractivity contribution < 1.29 is 25.5 Å². The molecular formula is C58H123N5O5. The largest absolute Gasteiger partial charge is 0.392 e. The van der Waals surface area contributed by atoms with E-state index in [0.29, 0.717) is 32.4 Å². The molecule has 0 amide bonds. The van der Waals surface area contributed by atoms with Crippen LogP contribution in [0.25, 0.3) is 0 Å². The minimum atomic E-state index is -0.960. The Bertz CT molecular complexity index is 916. The molecule has 0 fully saturated rings. The molecule has 0 aromatic rings. The zero-order valence-electron chi connectivity index (χ0n) is 46.4. The number of hydrogen-bond donors (Lipinski definition) is 7. The first kappa shape index (κ1) is 67.6. The number of unbranched alkanes of at least 4 members (excludes halogenated alkanes) is 35. The SMILES string of the molecule is CCCCCCCCCCC(O)CN(CC(O)CCCCCCCCCC)NCNN(C(O)CCCCCCCCCC)N(C(O)CCCCCCCCCC)C(O)CCCCCCCCCC. The predicted molar refractivity (Wildman–Crippen MR) is 293 cm³/mol. The number of hydrogen-bond acceptors (Lipinski definition) is 10. The molecular weight excluding hydrogens is 847 g/mol. The fourth-order valence-corrected chi connectivity index (χ4v) is 9.75. The Balaban J connectivity index is 6.07. The molecule has 0 aromatic heterocycles. The van der Waals surface area contributed by atoms with Crippen molar-refractivity contribution in [3.63, 3.8) is 0 Å². The van der Waals surface area contributed by atoms with Crippen LogP contribution in [0.5, 0.6) is 0 Å². The molecule has 0 saturated heterocycles. The molecule has 7 N–H and O–H groups in total. The van der Waals surface area contributed by atoms with Gasteiger partial charge in [0.25, 0.3) is 0 Å². The standard InChI is InChI=1S/C58H123N5O5/c1-6-11-16-21-26-31-36-41-46-54(64)51-61(52-55(65)47-42-37-32-27-22-17-12-7-2)59-53-60-63(58(68)50-45-40-35-30-25-20-15-10-5)62(56(66)48-43-38-33-28-23-18-13-8-3)57(67)49-44-39-34-29-24-19-14-9-4/h54-60,64-68H,6-53H2,1-5H3. The van der Waals surface area contributed by atoms with Crippen LogP contribution in [0.4, 0.5) is 0 Å². The van der Waals surface area contributed by atoms with Gasteiger partial charge in [0.1, 0.15) is 18.7 Å². The molecule has 0 aliphatic rings. The highest BCUT2D eigenvalue weighted by Crippen LogP contribution is 2.22. The van der Waals surface area contributed by atoms with Crippen LogP contribution >= 0.6 is 0 Å². The van der Waals surface area contributed by atoms with Crippen LogP contribution in [-0.2, 0) is 0 Å². The van der Waals surface area contributed by atoms with Crippen molar-refractivity contribution in [3.05, 3.63) is 0 Å². The Hall–Kier alpha value is -0.400. The number of nitrogens with zero attached hydrogens (tertiary/aromatic N) is 3. The fourth-order valence-electron chi connectivity index (χ4n) is 9.75. The van der Waals surface area contributed by atoms with Gasteiger partial charge in [-0.3, -0.25) is 0 Å². The van der Waals surface area contributed by atoms with Gasteiger partial charge < -0.3 is 25.5 Å². The highest BCUT2D eigenvalue weighted by atomic mass is 16.4. The maximum Gasteiger partial charge on any atom is 0.134 e. The molecule has 410 valence electrons. The summed E-state index contributed by atoms with van der Waals surface area (Å²) in [6.45, 7) is 12.2.